The van der Waals surface area contributed by atoms with Gasteiger partial charge in [-0.1, -0.05) is 17.3 Å². The minimum atomic E-state index is -0.898. The molecule has 0 saturated heterocycles. The monoisotopic (exact) mass is 395 g/mol. The van der Waals surface area contributed by atoms with Crippen LogP contribution in [0.1, 0.15) is 34.2 Å². The Balaban J connectivity index is 1.40. The van der Waals surface area contributed by atoms with E-state index in [0.29, 0.717) is 40.6 Å². The molecule has 1 amide bonds. The van der Waals surface area contributed by atoms with Crippen molar-refractivity contribution in [3.8, 4) is 11.4 Å². The number of thiazole rings is 1. The topological polar surface area (TPSA) is 93.8 Å². The van der Waals surface area contributed by atoms with Crippen LogP contribution in [0, 0.1) is 6.92 Å². The molecule has 5 rings (SSSR count). The molecule has 0 spiro atoms. The molecule has 0 aliphatic heterocycles. The number of aromatic nitrogens is 4. The number of halogens is 1. The van der Waals surface area contributed by atoms with Crippen LogP contribution in [0.4, 0.5) is 10.1 Å². The first-order valence-corrected chi connectivity index (χ1v) is 9.56. The Morgan fingerprint density at radius 1 is 1.32 bits per heavy atom. The van der Waals surface area contributed by atoms with Gasteiger partial charge in [-0.15, -0.1) is 11.3 Å². The number of fused-ring (bicyclic) bond motifs is 1. The highest BCUT2D eigenvalue weighted by Crippen LogP contribution is 2.43. The minimum absolute atomic E-state index is 0.268. The smallest absolute Gasteiger partial charge is 0.257 e. The summed E-state index contributed by atoms with van der Waals surface area (Å²) in [7, 11) is 0. The van der Waals surface area contributed by atoms with Gasteiger partial charge in [0.05, 0.1) is 21.7 Å². The second kappa shape index (κ2) is 6.45. The molecule has 3 aromatic heterocycles. The van der Waals surface area contributed by atoms with Crippen LogP contribution in [0.3, 0.4) is 0 Å². The number of alkyl halides is 1. The quantitative estimate of drug-likeness (QED) is 0.558. The molecule has 0 bridgehead atoms. The lowest BCUT2D eigenvalue weighted by molar-refractivity contribution is 0.102. The van der Waals surface area contributed by atoms with Gasteiger partial charge in [0.25, 0.3) is 5.91 Å². The van der Waals surface area contributed by atoms with Gasteiger partial charge < -0.3 is 9.84 Å². The lowest BCUT2D eigenvalue weighted by Crippen LogP contribution is -2.13. The number of anilines is 1. The fourth-order valence-corrected chi connectivity index (χ4v) is 3.56. The SMILES string of the molecule is Cc1ccc(-c2noc([C@H]3C[C@@H]3F)n2)cc1NC(=O)c1cnc2ncsc2c1. The largest absolute Gasteiger partial charge is 0.339 e. The zero-order chi connectivity index (χ0) is 19.3. The van der Waals surface area contributed by atoms with E-state index in [1.807, 2.05) is 19.1 Å². The molecule has 1 saturated carbocycles. The average Bonchev–Trinajstić information content (AvgIpc) is 3.11. The lowest BCUT2D eigenvalue weighted by Gasteiger charge is -2.09. The summed E-state index contributed by atoms with van der Waals surface area (Å²) in [5, 5.41) is 6.84. The molecule has 1 fully saturated rings. The number of aryl methyl sites for hydroxylation is 1. The van der Waals surface area contributed by atoms with E-state index in [-0.39, 0.29) is 11.8 Å². The molecular weight excluding hydrogens is 381 g/mol. The first-order chi connectivity index (χ1) is 13.6. The van der Waals surface area contributed by atoms with Gasteiger partial charge in [0.15, 0.2) is 5.65 Å². The van der Waals surface area contributed by atoms with Gasteiger partial charge in [-0.25, -0.2) is 14.4 Å². The van der Waals surface area contributed by atoms with Crippen LogP contribution in [-0.2, 0) is 0 Å². The summed E-state index contributed by atoms with van der Waals surface area (Å²) in [5.74, 6) is 0.130. The van der Waals surface area contributed by atoms with Crippen molar-refractivity contribution >= 4 is 33.3 Å². The van der Waals surface area contributed by atoms with E-state index in [1.54, 1.807) is 17.6 Å². The van der Waals surface area contributed by atoms with E-state index in [2.05, 4.69) is 25.4 Å². The minimum Gasteiger partial charge on any atom is -0.339 e. The van der Waals surface area contributed by atoms with Crippen LogP contribution >= 0.6 is 11.3 Å². The van der Waals surface area contributed by atoms with Crippen molar-refractivity contribution < 1.29 is 13.7 Å². The molecule has 1 aliphatic carbocycles. The van der Waals surface area contributed by atoms with Gasteiger partial charge in [0, 0.05) is 17.4 Å². The van der Waals surface area contributed by atoms with E-state index in [1.165, 1.54) is 17.5 Å². The Bertz CT molecular complexity index is 1200. The molecule has 28 heavy (non-hydrogen) atoms. The number of carbonyl (C=O) groups excluding carboxylic acids is 1. The number of benzene rings is 1. The lowest BCUT2D eigenvalue weighted by atomic mass is 10.1. The third-order valence-corrected chi connectivity index (χ3v) is 5.43. The molecule has 4 aromatic rings. The predicted molar refractivity (Wildman–Crippen MR) is 102 cm³/mol. The Morgan fingerprint density at radius 3 is 3.00 bits per heavy atom. The Kier molecular flexibility index (Phi) is 3.90. The van der Waals surface area contributed by atoms with Crippen LogP contribution in [0.2, 0.25) is 0 Å². The number of nitrogens with one attached hydrogen (secondary N) is 1. The summed E-state index contributed by atoms with van der Waals surface area (Å²) in [6.45, 7) is 1.89. The zero-order valence-corrected chi connectivity index (χ0v) is 15.5. The van der Waals surface area contributed by atoms with Gasteiger partial charge in [-0.3, -0.25) is 4.79 Å². The molecule has 140 valence electrons. The van der Waals surface area contributed by atoms with E-state index in [4.69, 9.17) is 4.52 Å². The summed E-state index contributed by atoms with van der Waals surface area (Å²) in [4.78, 5) is 25.3. The van der Waals surface area contributed by atoms with Crippen molar-refractivity contribution in [3.63, 3.8) is 0 Å². The van der Waals surface area contributed by atoms with Crippen molar-refractivity contribution in [2.45, 2.75) is 25.4 Å². The third kappa shape index (κ3) is 3.03. The van der Waals surface area contributed by atoms with Crippen LogP contribution in [0.15, 0.2) is 40.5 Å². The Morgan fingerprint density at radius 2 is 2.18 bits per heavy atom. The number of rotatable bonds is 4. The van der Waals surface area contributed by atoms with Crippen molar-refractivity contribution in [2.75, 3.05) is 5.32 Å². The third-order valence-electron chi connectivity index (χ3n) is 4.67. The van der Waals surface area contributed by atoms with E-state index >= 15 is 0 Å². The summed E-state index contributed by atoms with van der Waals surface area (Å²) < 4.78 is 19.2. The maximum atomic E-state index is 13.2. The summed E-state index contributed by atoms with van der Waals surface area (Å²) in [5.41, 5.74) is 4.97. The molecule has 1 aliphatic rings. The van der Waals surface area contributed by atoms with Crippen molar-refractivity contribution in [1.82, 2.24) is 20.1 Å². The maximum absolute atomic E-state index is 13.2. The van der Waals surface area contributed by atoms with Crippen molar-refractivity contribution in [3.05, 3.63) is 53.0 Å². The van der Waals surface area contributed by atoms with Crippen LogP contribution in [-0.4, -0.2) is 32.2 Å². The molecule has 7 nitrogen and oxygen atoms in total. The second-order valence-electron chi connectivity index (χ2n) is 6.70. The first kappa shape index (κ1) is 16.9. The van der Waals surface area contributed by atoms with Crippen molar-refractivity contribution in [1.29, 1.82) is 0 Å². The number of hydrogen-bond donors (Lipinski definition) is 1. The van der Waals surface area contributed by atoms with Crippen molar-refractivity contribution in [2.24, 2.45) is 0 Å². The van der Waals surface area contributed by atoms with Gasteiger partial charge in [0.2, 0.25) is 11.7 Å². The zero-order valence-electron chi connectivity index (χ0n) is 14.7. The van der Waals surface area contributed by atoms with Crippen LogP contribution in [0.5, 0.6) is 0 Å². The fraction of sp³-hybridized carbons (Fsp3) is 0.211. The van der Waals surface area contributed by atoms with E-state index < -0.39 is 6.17 Å². The molecule has 2 atom stereocenters. The molecule has 1 N–H and O–H groups in total. The maximum Gasteiger partial charge on any atom is 0.257 e. The summed E-state index contributed by atoms with van der Waals surface area (Å²) >= 11 is 1.43. The fourth-order valence-electron chi connectivity index (χ4n) is 2.89. The summed E-state index contributed by atoms with van der Waals surface area (Å²) in [6.07, 6.45) is 1.03. The molecule has 3 heterocycles. The Hall–Kier alpha value is -3.20. The van der Waals surface area contributed by atoms with E-state index in [9.17, 15) is 9.18 Å². The highest BCUT2D eigenvalue weighted by atomic mass is 32.1. The number of hydrogen-bond acceptors (Lipinski definition) is 7. The first-order valence-electron chi connectivity index (χ1n) is 8.68. The van der Waals surface area contributed by atoms with Gasteiger partial charge in [-0.2, -0.15) is 4.98 Å². The molecule has 9 heteroatoms. The number of carbonyl (C=O) groups is 1. The van der Waals surface area contributed by atoms with Crippen LogP contribution < -0.4 is 5.32 Å². The van der Waals surface area contributed by atoms with Crippen LogP contribution in [0.25, 0.3) is 21.7 Å². The predicted octanol–water partition coefficient (Wildman–Crippen LogP) is 4.13. The normalized spacial score (nSPS) is 18.4. The van der Waals surface area contributed by atoms with E-state index in [0.717, 1.165) is 10.3 Å². The van der Waals surface area contributed by atoms with Gasteiger partial charge in [0.1, 0.15) is 6.17 Å². The standard InChI is InChI=1S/C19H14FN5O2S/c1-9-2-3-10(16-24-19(27-25-16)12-6-13(12)20)4-14(9)23-18(26)11-5-15-17(21-7-11)22-8-28-15/h2-5,7-8,12-13H,6H2,1H3,(H,23,26)/t12-,13-/m0/s1. The second-order valence-corrected chi connectivity index (χ2v) is 7.58. The summed E-state index contributed by atoms with van der Waals surface area (Å²) in [6, 6.07) is 7.24. The average molecular weight is 395 g/mol. The van der Waals surface area contributed by atoms with Gasteiger partial charge >= 0.3 is 0 Å². The Labute approximate surface area is 162 Å². The molecule has 0 radical (unpaired) electrons. The highest BCUT2D eigenvalue weighted by Gasteiger charge is 2.43. The number of amides is 1. The highest BCUT2D eigenvalue weighted by molar-refractivity contribution is 7.16. The number of nitrogens with zero attached hydrogens (tertiary/aromatic N) is 4. The number of pyridine rings is 1. The van der Waals surface area contributed by atoms with Gasteiger partial charge in [-0.05, 0) is 31.0 Å². The molecule has 1 aromatic carbocycles. The molecule has 0 unspecified atom stereocenters. The molecular formula is C19H14FN5O2S.